The van der Waals surface area contributed by atoms with Gasteiger partial charge in [0.05, 0.1) is 0 Å². The van der Waals surface area contributed by atoms with Crippen LogP contribution in [0.25, 0.3) is 0 Å². The van der Waals surface area contributed by atoms with Gasteiger partial charge in [-0.15, -0.1) is 0 Å². The third kappa shape index (κ3) is 4.55. The fourth-order valence-electron chi connectivity index (χ4n) is 2.53. The van der Waals surface area contributed by atoms with E-state index < -0.39 is 12.0 Å². The lowest BCUT2D eigenvalue weighted by atomic mass is 10.1. The second kappa shape index (κ2) is 7.71. The predicted octanol–water partition coefficient (Wildman–Crippen LogP) is 0.465. The minimum Gasteiger partial charge on any atom is -0.480 e. The molecule has 1 saturated heterocycles. The Morgan fingerprint density at radius 2 is 2.17 bits per heavy atom. The SMILES string of the molecule is CCNC(CCN1CCN(C)C(CC)C1)C(=O)O. The molecule has 1 heterocycles. The van der Waals surface area contributed by atoms with Gasteiger partial charge in [0, 0.05) is 32.2 Å². The first-order valence-corrected chi connectivity index (χ1v) is 6.97. The van der Waals surface area contributed by atoms with Gasteiger partial charge in [-0.2, -0.15) is 0 Å². The van der Waals surface area contributed by atoms with Crippen LogP contribution in [0.15, 0.2) is 0 Å². The van der Waals surface area contributed by atoms with Gasteiger partial charge >= 0.3 is 5.97 Å². The van der Waals surface area contributed by atoms with Crippen molar-refractivity contribution < 1.29 is 9.90 Å². The Morgan fingerprint density at radius 1 is 1.44 bits per heavy atom. The number of carboxylic acids is 1. The average molecular weight is 257 g/mol. The largest absolute Gasteiger partial charge is 0.480 e. The minimum atomic E-state index is -0.738. The summed E-state index contributed by atoms with van der Waals surface area (Å²) in [5.41, 5.74) is 0. The van der Waals surface area contributed by atoms with E-state index in [9.17, 15) is 4.79 Å². The van der Waals surface area contributed by atoms with Crippen LogP contribution in [0, 0.1) is 0 Å². The number of carboxylic acid groups (broad SMARTS) is 1. The number of aliphatic carboxylic acids is 1. The quantitative estimate of drug-likeness (QED) is 0.694. The molecule has 0 amide bonds. The van der Waals surface area contributed by atoms with Crippen LogP contribution in [-0.4, -0.2) is 72.7 Å². The second-order valence-corrected chi connectivity index (χ2v) is 5.08. The van der Waals surface area contributed by atoms with Gasteiger partial charge in [-0.1, -0.05) is 13.8 Å². The first-order valence-electron chi connectivity index (χ1n) is 6.97. The van der Waals surface area contributed by atoms with Crippen molar-refractivity contribution in [2.75, 3.05) is 39.8 Å². The van der Waals surface area contributed by atoms with Gasteiger partial charge in [0.25, 0.3) is 0 Å². The number of piperazine rings is 1. The summed E-state index contributed by atoms with van der Waals surface area (Å²) in [6.07, 6.45) is 1.84. The summed E-state index contributed by atoms with van der Waals surface area (Å²) in [6.45, 7) is 8.92. The fourth-order valence-corrected chi connectivity index (χ4v) is 2.53. The highest BCUT2D eigenvalue weighted by Crippen LogP contribution is 2.11. The van der Waals surface area contributed by atoms with Crippen molar-refractivity contribution in [3.05, 3.63) is 0 Å². The van der Waals surface area contributed by atoms with E-state index in [0.29, 0.717) is 19.0 Å². The Balaban J connectivity index is 2.36. The van der Waals surface area contributed by atoms with Crippen LogP contribution < -0.4 is 5.32 Å². The first kappa shape index (κ1) is 15.4. The van der Waals surface area contributed by atoms with Crippen LogP contribution in [0.2, 0.25) is 0 Å². The van der Waals surface area contributed by atoms with Gasteiger partial charge < -0.3 is 20.2 Å². The summed E-state index contributed by atoms with van der Waals surface area (Å²) >= 11 is 0. The Kier molecular flexibility index (Phi) is 6.60. The monoisotopic (exact) mass is 257 g/mol. The van der Waals surface area contributed by atoms with Crippen molar-refractivity contribution in [2.24, 2.45) is 0 Å². The number of nitrogens with one attached hydrogen (secondary N) is 1. The Hall–Kier alpha value is -0.650. The molecule has 0 saturated carbocycles. The first-order chi connectivity index (χ1) is 8.58. The van der Waals surface area contributed by atoms with Crippen LogP contribution in [0.5, 0.6) is 0 Å². The summed E-state index contributed by atoms with van der Waals surface area (Å²) < 4.78 is 0. The number of carbonyl (C=O) groups is 1. The highest BCUT2D eigenvalue weighted by atomic mass is 16.4. The molecule has 1 fully saturated rings. The lowest BCUT2D eigenvalue weighted by Gasteiger charge is -2.39. The van der Waals surface area contributed by atoms with Crippen LogP contribution in [0.3, 0.4) is 0 Å². The Bertz CT molecular complexity index is 261. The average Bonchev–Trinajstić information content (AvgIpc) is 2.35. The molecule has 0 aromatic carbocycles. The minimum absolute atomic E-state index is 0.408. The van der Waals surface area contributed by atoms with E-state index >= 15 is 0 Å². The number of rotatable bonds is 7. The van der Waals surface area contributed by atoms with Gasteiger partial charge in [-0.05, 0) is 26.4 Å². The molecule has 0 bridgehead atoms. The third-order valence-electron chi connectivity index (χ3n) is 3.82. The summed E-state index contributed by atoms with van der Waals surface area (Å²) in [5.74, 6) is -0.738. The van der Waals surface area contributed by atoms with E-state index in [1.54, 1.807) is 0 Å². The molecule has 5 heteroatoms. The van der Waals surface area contributed by atoms with E-state index in [1.807, 2.05) is 6.92 Å². The molecule has 5 nitrogen and oxygen atoms in total. The van der Waals surface area contributed by atoms with E-state index in [2.05, 4.69) is 29.1 Å². The van der Waals surface area contributed by atoms with E-state index in [4.69, 9.17) is 5.11 Å². The van der Waals surface area contributed by atoms with Gasteiger partial charge in [-0.3, -0.25) is 4.79 Å². The summed E-state index contributed by atoms with van der Waals surface area (Å²) in [6, 6.07) is 0.205. The van der Waals surface area contributed by atoms with Crippen LogP contribution in [0.1, 0.15) is 26.7 Å². The van der Waals surface area contributed by atoms with Crippen molar-refractivity contribution in [3.63, 3.8) is 0 Å². The smallest absolute Gasteiger partial charge is 0.320 e. The molecule has 1 rings (SSSR count). The summed E-state index contributed by atoms with van der Waals surface area (Å²) in [5, 5.41) is 12.1. The van der Waals surface area contributed by atoms with E-state index in [0.717, 1.165) is 32.6 Å². The van der Waals surface area contributed by atoms with Gasteiger partial charge in [0.2, 0.25) is 0 Å². The highest BCUT2D eigenvalue weighted by Gasteiger charge is 2.24. The molecule has 0 spiro atoms. The van der Waals surface area contributed by atoms with Crippen LogP contribution >= 0.6 is 0 Å². The van der Waals surface area contributed by atoms with Crippen molar-refractivity contribution in [2.45, 2.75) is 38.8 Å². The number of hydrogen-bond acceptors (Lipinski definition) is 4. The number of likely N-dealkylation sites (N-methyl/N-ethyl adjacent to an activating group) is 2. The zero-order chi connectivity index (χ0) is 13.5. The van der Waals surface area contributed by atoms with Crippen molar-refractivity contribution in [3.8, 4) is 0 Å². The van der Waals surface area contributed by atoms with Crippen LogP contribution in [0.4, 0.5) is 0 Å². The molecule has 0 aromatic heterocycles. The molecule has 0 aliphatic carbocycles. The number of nitrogens with zero attached hydrogens (tertiary/aromatic N) is 2. The zero-order valence-electron chi connectivity index (χ0n) is 11.9. The molecule has 1 aliphatic heterocycles. The molecule has 2 N–H and O–H groups in total. The van der Waals surface area contributed by atoms with E-state index in [-0.39, 0.29) is 0 Å². The molecule has 0 aromatic rings. The van der Waals surface area contributed by atoms with Gasteiger partial charge in [0.15, 0.2) is 0 Å². The lowest BCUT2D eigenvalue weighted by Crippen LogP contribution is -2.52. The molecule has 18 heavy (non-hydrogen) atoms. The molecular weight excluding hydrogens is 230 g/mol. The summed E-state index contributed by atoms with van der Waals surface area (Å²) in [4.78, 5) is 15.8. The molecule has 1 aliphatic rings. The number of hydrogen-bond donors (Lipinski definition) is 2. The highest BCUT2D eigenvalue weighted by molar-refractivity contribution is 5.73. The predicted molar refractivity (Wildman–Crippen MR) is 72.9 cm³/mol. The summed E-state index contributed by atoms with van der Waals surface area (Å²) in [7, 11) is 2.17. The van der Waals surface area contributed by atoms with Crippen LogP contribution in [-0.2, 0) is 4.79 Å². The normalized spacial score (nSPS) is 24.1. The van der Waals surface area contributed by atoms with Gasteiger partial charge in [-0.25, -0.2) is 0 Å². The standard InChI is InChI=1S/C13H27N3O2/c1-4-11-10-16(9-8-15(11)3)7-6-12(13(17)18)14-5-2/h11-12,14H,4-10H2,1-3H3,(H,17,18). The van der Waals surface area contributed by atoms with Crippen molar-refractivity contribution >= 4 is 5.97 Å². The Morgan fingerprint density at radius 3 is 2.72 bits per heavy atom. The van der Waals surface area contributed by atoms with Crippen molar-refractivity contribution in [1.29, 1.82) is 0 Å². The Labute approximate surface area is 110 Å². The molecule has 106 valence electrons. The molecule has 2 atom stereocenters. The zero-order valence-corrected chi connectivity index (χ0v) is 11.9. The fraction of sp³-hybridized carbons (Fsp3) is 0.923. The van der Waals surface area contributed by atoms with E-state index in [1.165, 1.54) is 0 Å². The van der Waals surface area contributed by atoms with Crippen molar-refractivity contribution in [1.82, 2.24) is 15.1 Å². The molecule has 0 radical (unpaired) electrons. The maximum absolute atomic E-state index is 11.0. The van der Waals surface area contributed by atoms with Gasteiger partial charge in [0.1, 0.15) is 6.04 Å². The lowest BCUT2D eigenvalue weighted by molar-refractivity contribution is -0.139. The molecular formula is C13H27N3O2. The topological polar surface area (TPSA) is 55.8 Å². The maximum Gasteiger partial charge on any atom is 0.320 e. The molecule has 2 unspecified atom stereocenters. The third-order valence-corrected chi connectivity index (χ3v) is 3.82. The maximum atomic E-state index is 11.0. The second-order valence-electron chi connectivity index (χ2n) is 5.08.